The van der Waals surface area contributed by atoms with Crippen molar-refractivity contribution in [2.75, 3.05) is 7.11 Å². The molecule has 1 aliphatic rings. The molecule has 0 saturated heterocycles. The van der Waals surface area contributed by atoms with E-state index in [0.29, 0.717) is 17.4 Å². The summed E-state index contributed by atoms with van der Waals surface area (Å²) in [5, 5.41) is 0. The molecule has 0 radical (unpaired) electrons. The van der Waals surface area contributed by atoms with Gasteiger partial charge in [-0.2, -0.15) is 0 Å². The topological polar surface area (TPSA) is 9.23 Å². The summed E-state index contributed by atoms with van der Waals surface area (Å²) in [6, 6.07) is 0. The first-order chi connectivity index (χ1) is 5.96. The van der Waals surface area contributed by atoms with E-state index >= 15 is 0 Å². The Morgan fingerprint density at radius 2 is 2.08 bits per heavy atom. The van der Waals surface area contributed by atoms with Crippen molar-refractivity contribution in [3.05, 3.63) is 12.2 Å². The average molecular weight is 182 g/mol. The second-order valence-corrected chi connectivity index (χ2v) is 5.13. The third-order valence-corrected chi connectivity index (χ3v) is 3.27. The predicted octanol–water partition coefficient (Wildman–Crippen LogP) is 3.40. The monoisotopic (exact) mass is 182 g/mol. The van der Waals surface area contributed by atoms with Crippen LogP contribution in [0.2, 0.25) is 0 Å². The maximum Gasteiger partial charge on any atom is 0.0641 e. The van der Waals surface area contributed by atoms with Crippen molar-refractivity contribution in [1.29, 1.82) is 0 Å². The van der Waals surface area contributed by atoms with Crippen LogP contribution in [0.15, 0.2) is 12.2 Å². The lowest BCUT2D eigenvalue weighted by Gasteiger charge is -2.40. The fourth-order valence-corrected chi connectivity index (χ4v) is 2.33. The molecule has 1 aliphatic carbocycles. The van der Waals surface area contributed by atoms with Gasteiger partial charge in [-0.3, -0.25) is 0 Å². The van der Waals surface area contributed by atoms with Gasteiger partial charge in [0.05, 0.1) is 6.10 Å². The maximum atomic E-state index is 5.54. The van der Waals surface area contributed by atoms with E-state index in [0.717, 1.165) is 0 Å². The van der Waals surface area contributed by atoms with Gasteiger partial charge in [0.25, 0.3) is 0 Å². The van der Waals surface area contributed by atoms with Crippen LogP contribution in [-0.2, 0) is 4.74 Å². The Morgan fingerprint density at radius 1 is 1.46 bits per heavy atom. The van der Waals surface area contributed by atoms with Crippen molar-refractivity contribution in [1.82, 2.24) is 0 Å². The zero-order chi connectivity index (χ0) is 10.1. The zero-order valence-electron chi connectivity index (χ0n) is 9.39. The minimum Gasteiger partial charge on any atom is -0.381 e. The molecule has 2 unspecified atom stereocenters. The van der Waals surface area contributed by atoms with Crippen molar-refractivity contribution < 1.29 is 4.74 Å². The Balaban J connectivity index is 2.66. The Morgan fingerprint density at radius 3 is 2.54 bits per heavy atom. The predicted molar refractivity (Wildman–Crippen MR) is 56.7 cm³/mol. The quantitative estimate of drug-likeness (QED) is 0.595. The highest BCUT2D eigenvalue weighted by molar-refractivity contribution is 5.03. The van der Waals surface area contributed by atoms with Gasteiger partial charge in [0.15, 0.2) is 0 Å². The van der Waals surface area contributed by atoms with E-state index in [4.69, 9.17) is 4.74 Å². The van der Waals surface area contributed by atoms with Crippen molar-refractivity contribution >= 4 is 0 Å². The first-order valence-corrected chi connectivity index (χ1v) is 5.14. The fraction of sp³-hybridized carbons (Fsp3) is 0.833. The standard InChI is InChI=1S/C12H22O/c1-9(2)10-6-7-12(3,4)8-11(10)13-5/h10-11H,1,6-8H2,2-5H3. The highest BCUT2D eigenvalue weighted by Gasteiger charge is 2.34. The van der Waals surface area contributed by atoms with Gasteiger partial charge in [-0.25, -0.2) is 0 Å². The molecular weight excluding hydrogens is 160 g/mol. The summed E-state index contributed by atoms with van der Waals surface area (Å²) in [5.74, 6) is 0.582. The van der Waals surface area contributed by atoms with Crippen LogP contribution in [-0.4, -0.2) is 13.2 Å². The van der Waals surface area contributed by atoms with Crippen molar-refractivity contribution in [2.24, 2.45) is 11.3 Å². The summed E-state index contributed by atoms with van der Waals surface area (Å²) in [5.41, 5.74) is 1.73. The van der Waals surface area contributed by atoms with Gasteiger partial charge < -0.3 is 4.74 Å². The van der Waals surface area contributed by atoms with Gasteiger partial charge in [0, 0.05) is 13.0 Å². The Kier molecular flexibility index (Phi) is 3.18. The van der Waals surface area contributed by atoms with E-state index in [1.807, 2.05) is 7.11 Å². The van der Waals surface area contributed by atoms with Crippen molar-refractivity contribution in [3.8, 4) is 0 Å². The number of ether oxygens (including phenoxy) is 1. The molecule has 0 amide bonds. The first-order valence-electron chi connectivity index (χ1n) is 5.14. The molecule has 1 saturated carbocycles. The molecule has 0 aromatic carbocycles. The highest BCUT2D eigenvalue weighted by Crippen LogP contribution is 2.41. The van der Waals surface area contributed by atoms with E-state index in [2.05, 4.69) is 27.4 Å². The molecule has 0 aromatic heterocycles. The summed E-state index contributed by atoms with van der Waals surface area (Å²) in [7, 11) is 1.82. The number of rotatable bonds is 2. The van der Waals surface area contributed by atoms with Crippen LogP contribution in [0.5, 0.6) is 0 Å². The van der Waals surface area contributed by atoms with Crippen molar-refractivity contribution in [2.45, 2.75) is 46.1 Å². The maximum absolute atomic E-state index is 5.54. The van der Waals surface area contributed by atoms with Gasteiger partial charge in [-0.1, -0.05) is 26.0 Å². The average Bonchev–Trinajstić information content (AvgIpc) is 2.01. The second-order valence-electron chi connectivity index (χ2n) is 5.13. The van der Waals surface area contributed by atoms with E-state index < -0.39 is 0 Å². The van der Waals surface area contributed by atoms with Crippen molar-refractivity contribution in [3.63, 3.8) is 0 Å². The number of hydrogen-bond acceptors (Lipinski definition) is 1. The molecule has 1 heteroatoms. The molecule has 0 N–H and O–H groups in total. The normalized spacial score (nSPS) is 32.9. The lowest BCUT2D eigenvalue weighted by atomic mass is 9.70. The zero-order valence-corrected chi connectivity index (χ0v) is 9.39. The molecule has 0 spiro atoms. The Bertz CT molecular complexity index is 193. The largest absolute Gasteiger partial charge is 0.381 e. The molecule has 1 fully saturated rings. The molecule has 13 heavy (non-hydrogen) atoms. The lowest BCUT2D eigenvalue weighted by molar-refractivity contribution is -0.00513. The molecular formula is C12H22O. The van der Waals surface area contributed by atoms with E-state index in [9.17, 15) is 0 Å². The summed E-state index contributed by atoms with van der Waals surface area (Å²) < 4.78 is 5.54. The SMILES string of the molecule is C=C(C)C1CCC(C)(C)CC1OC. The van der Waals surface area contributed by atoms with Crippen LogP contribution in [0, 0.1) is 11.3 Å². The van der Waals surface area contributed by atoms with Gasteiger partial charge in [0.1, 0.15) is 0 Å². The summed E-state index contributed by atoms with van der Waals surface area (Å²) in [6.07, 6.45) is 4.09. The van der Waals surface area contributed by atoms with Crippen LogP contribution in [0.3, 0.4) is 0 Å². The second kappa shape index (κ2) is 3.83. The molecule has 1 nitrogen and oxygen atoms in total. The Labute approximate surface area is 82.2 Å². The van der Waals surface area contributed by atoms with E-state index in [1.165, 1.54) is 24.8 Å². The molecule has 0 bridgehead atoms. The van der Waals surface area contributed by atoms with Crippen LogP contribution >= 0.6 is 0 Å². The lowest BCUT2D eigenvalue weighted by Crippen LogP contribution is -2.35. The van der Waals surface area contributed by atoms with Gasteiger partial charge >= 0.3 is 0 Å². The number of methoxy groups -OCH3 is 1. The summed E-state index contributed by atoms with van der Waals surface area (Å²) in [4.78, 5) is 0. The minimum absolute atomic E-state index is 0.390. The fourth-order valence-electron chi connectivity index (χ4n) is 2.33. The number of hydrogen-bond donors (Lipinski definition) is 0. The van der Waals surface area contributed by atoms with Crippen LogP contribution < -0.4 is 0 Å². The summed E-state index contributed by atoms with van der Waals surface area (Å²) in [6.45, 7) is 10.8. The molecule has 0 heterocycles. The highest BCUT2D eigenvalue weighted by atomic mass is 16.5. The molecule has 0 aliphatic heterocycles. The molecule has 76 valence electrons. The van der Waals surface area contributed by atoms with Crippen LogP contribution in [0.25, 0.3) is 0 Å². The van der Waals surface area contributed by atoms with Gasteiger partial charge in [-0.05, 0) is 31.6 Å². The summed E-state index contributed by atoms with van der Waals surface area (Å²) >= 11 is 0. The first kappa shape index (κ1) is 10.8. The smallest absolute Gasteiger partial charge is 0.0641 e. The van der Waals surface area contributed by atoms with E-state index in [-0.39, 0.29) is 0 Å². The third-order valence-electron chi connectivity index (χ3n) is 3.27. The molecule has 0 aromatic rings. The van der Waals surface area contributed by atoms with Crippen LogP contribution in [0.1, 0.15) is 40.0 Å². The van der Waals surface area contributed by atoms with Gasteiger partial charge in [0.2, 0.25) is 0 Å². The molecule has 2 atom stereocenters. The van der Waals surface area contributed by atoms with E-state index in [1.54, 1.807) is 0 Å². The van der Waals surface area contributed by atoms with Gasteiger partial charge in [-0.15, -0.1) is 0 Å². The third kappa shape index (κ3) is 2.57. The Hall–Kier alpha value is -0.300. The minimum atomic E-state index is 0.390. The van der Waals surface area contributed by atoms with Crippen LogP contribution in [0.4, 0.5) is 0 Å². The molecule has 1 rings (SSSR count).